The Balaban J connectivity index is 6.11. The summed E-state index contributed by atoms with van der Waals surface area (Å²) in [6.07, 6.45) is 8.42. The zero-order valence-corrected chi connectivity index (χ0v) is 21.1. The second-order valence-corrected chi connectivity index (χ2v) is 23.2. The van der Waals surface area contributed by atoms with Crippen LogP contribution in [-0.2, 0) is 0 Å². The van der Waals surface area contributed by atoms with Crippen LogP contribution >= 0.6 is 0 Å². The molecule has 0 N–H and O–H groups in total. The molecular weight excluding hydrogens is 387 g/mol. The first-order valence-electron chi connectivity index (χ1n) is 10.1. The Bertz CT molecular complexity index is 283. The van der Waals surface area contributed by atoms with E-state index in [9.17, 15) is 0 Å². The Morgan fingerprint density at radius 1 is 0.609 bits per heavy atom. The van der Waals surface area contributed by atoms with E-state index in [4.69, 9.17) is 0 Å². The summed E-state index contributed by atoms with van der Waals surface area (Å²) in [6.45, 7) is 9.71. The Morgan fingerprint density at radius 2 is 0.913 bits per heavy atom. The molecule has 2 nitrogen and oxygen atoms in total. The van der Waals surface area contributed by atoms with Crippen molar-refractivity contribution in [1.82, 2.24) is 0 Å². The molecule has 0 aliphatic carbocycles. The van der Waals surface area contributed by atoms with E-state index in [0.29, 0.717) is 0 Å². The van der Waals surface area contributed by atoms with Crippen LogP contribution < -0.4 is 0 Å². The van der Waals surface area contributed by atoms with Gasteiger partial charge in [0, 0.05) is 0 Å². The molecule has 2 unspecified atom stereocenters. The van der Waals surface area contributed by atoms with Gasteiger partial charge >= 0.3 is 153 Å². The van der Waals surface area contributed by atoms with Gasteiger partial charge in [-0.15, -0.1) is 0 Å². The van der Waals surface area contributed by atoms with Gasteiger partial charge < -0.3 is 0 Å². The van der Waals surface area contributed by atoms with Crippen molar-refractivity contribution in [3.05, 3.63) is 0 Å². The topological polar surface area (TPSA) is 0 Å². The summed E-state index contributed by atoms with van der Waals surface area (Å²) in [4.78, 5) is 0. The maximum atomic E-state index is 2.47. The third kappa shape index (κ3) is 6.51. The molecule has 3 heteroatoms. The molecule has 0 aromatic rings. The molecule has 140 valence electrons. The van der Waals surface area contributed by atoms with Crippen LogP contribution in [0.4, 0.5) is 0 Å². The van der Waals surface area contributed by atoms with E-state index in [1.54, 1.807) is 8.87 Å². The minimum absolute atomic E-state index is 0.949. The Labute approximate surface area is 152 Å². The van der Waals surface area contributed by atoms with Crippen molar-refractivity contribution >= 4 is 18.4 Å². The van der Waals surface area contributed by atoms with Crippen LogP contribution in [0.2, 0.25) is 8.87 Å². The SMILES string of the molecule is CCC[CH2][Sn]([CH2]CCC)([CH](CC)[N+](C)(C)C)[CH](CC)[N+](C)(C)C. The van der Waals surface area contributed by atoms with E-state index in [-0.39, 0.29) is 0 Å². The number of hydrogen-bond acceptors (Lipinski definition) is 0. The van der Waals surface area contributed by atoms with E-state index in [1.807, 2.05) is 0 Å². The van der Waals surface area contributed by atoms with Crippen LogP contribution in [0.3, 0.4) is 0 Å². The summed E-state index contributed by atoms with van der Waals surface area (Å²) in [7, 11) is 14.8. The predicted octanol–water partition coefficient (Wildman–Crippen LogP) is 5.08. The fourth-order valence-electron chi connectivity index (χ4n) is 5.48. The molecule has 23 heavy (non-hydrogen) atoms. The van der Waals surface area contributed by atoms with Crippen molar-refractivity contribution in [1.29, 1.82) is 0 Å². The molecule has 0 heterocycles. The van der Waals surface area contributed by atoms with Crippen molar-refractivity contribution in [3.8, 4) is 0 Å². The molecule has 0 saturated heterocycles. The zero-order chi connectivity index (χ0) is 18.3. The van der Waals surface area contributed by atoms with Gasteiger partial charge in [0.2, 0.25) is 0 Å². The summed E-state index contributed by atoms with van der Waals surface area (Å²) in [5, 5.41) is 0. The van der Waals surface area contributed by atoms with Crippen LogP contribution in [0.25, 0.3) is 0 Å². The Hall–Kier alpha value is 0.719. The first-order valence-corrected chi connectivity index (χ1v) is 17.5. The van der Waals surface area contributed by atoms with Crippen LogP contribution in [0, 0.1) is 0 Å². The van der Waals surface area contributed by atoms with E-state index < -0.39 is 18.4 Å². The first-order chi connectivity index (χ1) is 10.5. The summed E-state index contributed by atoms with van der Waals surface area (Å²) in [5.41, 5.74) is 0. The van der Waals surface area contributed by atoms with Gasteiger partial charge in [-0.3, -0.25) is 0 Å². The molecule has 0 bridgehead atoms. The van der Waals surface area contributed by atoms with Gasteiger partial charge in [-0.1, -0.05) is 0 Å². The predicted molar refractivity (Wildman–Crippen MR) is 109 cm³/mol. The summed E-state index contributed by atoms with van der Waals surface area (Å²) < 4.78 is 7.49. The van der Waals surface area contributed by atoms with Crippen LogP contribution in [0.15, 0.2) is 0 Å². The second-order valence-electron chi connectivity index (χ2n) is 9.52. The molecule has 2 atom stereocenters. The molecule has 0 aliphatic rings. The second kappa shape index (κ2) is 10.0. The zero-order valence-electron chi connectivity index (χ0n) is 18.2. The Morgan fingerprint density at radius 3 is 1.09 bits per heavy atom. The van der Waals surface area contributed by atoms with E-state index in [0.717, 1.165) is 8.12 Å². The monoisotopic (exact) mass is 436 g/mol. The summed E-state index contributed by atoms with van der Waals surface area (Å²) in [6, 6.07) is 0. The Kier molecular flexibility index (Phi) is 10.3. The van der Waals surface area contributed by atoms with Gasteiger partial charge in [-0.25, -0.2) is 0 Å². The normalized spacial score (nSPS) is 16.4. The average Bonchev–Trinajstić information content (AvgIpc) is 2.40. The fourth-order valence-corrected chi connectivity index (χ4v) is 30.5. The standard InChI is InChI=1S/2C6H15N.2C4H9.Sn/c2*1-5-6-7(2,3)4;2*1-3-4-2;/h2*6H,5H2,1-4H3;2*1,3-4H2,2H3;/q2*+1;;;. The van der Waals surface area contributed by atoms with Crippen molar-refractivity contribution in [2.75, 3.05) is 42.3 Å². The number of nitrogens with zero attached hydrogens (tertiary/aromatic N) is 2. The molecular formula is C20H48N2Sn+2. The minimum atomic E-state index is -2.38. The molecule has 0 aromatic carbocycles. The molecule has 0 saturated carbocycles. The first kappa shape index (κ1) is 23.7. The van der Waals surface area contributed by atoms with Gasteiger partial charge in [0.25, 0.3) is 0 Å². The fraction of sp³-hybridized carbons (Fsp3) is 1.00. The molecule has 0 amide bonds. The summed E-state index contributed by atoms with van der Waals surface area (Å²) in [5.74, 6) is 0. The molecule has 0 aromatic heterocycles. The van der Waals surface area contributed by atoms with Gasteiger partial charge in [0.05, 0.1) is 0 Å². The van der Waals surface area contributed by atoms with Gasteiger partial charge in [-0.2, -0.15) is 0 Å². The maximum absolute atomic E-state index is 2.47. The molecule has 0 spiro atoms. The molecule has 0 fully saturated rings. The van der Waals surface area contributed by atoms with Crippen LogP contribution in [-0.4, -0.2) is 77.7 Å². The quantitative estimate of drug-likeness (QED) is 0.296. The number of quaternary nitrogens is 2. The number of rotatable bonds is 12. The molecule has 0 rings (SSSR count). The van der Waals surface area contributed by atoms with E-state index in [1.165, 1.54) is 47.5 Å². The van der Waals surface area contributed by atoms with Crippen LogP contribution in [0.1, 0.15) is 66.2 Å². The third-order valence-electron chi connectivity index (χ3n) is 5.96. The van der Waals surface area contributed by atoms with Crippen molar-refractivity contribution in [2.45, 2.75) is 83.2 Å². The molecule has 0 aliphatic heterocycles. The average molecular weight is 435 g/mol. The third-order valence-corrected chi connectivity index (χ3v) is 27.6. The van der Waals surface area contributed by atoms with Gasteiger partial charge in [0.15, 0.2) is 0 Å². The van der Waals surface area contributed by atoms with Crippen molar-refractivity contribution in [2.24, 2.45) is 0 Å². The van der Waals surface area contributed by atoms with Crippen molar-refractivity contribution in [3.63, 3.8) is 0 Å². The van der Waals surface area contributed by atoms with Gasteiger partial charge in [-0.05, 0) is 0 Å². The number of hydrogen-bond donors (Lipinski definition) is 0. The molecule has 0 radical (unpaired) electrons. The van der Waals surface area contributed by atoms with Crippen LogP contribution in [0.5, 0.6) is 0 Å². The van der Waals surface area contributed by atoms with Gasteiger partial charge in [0.1, 0.15) is 0 Å². The van der Waals surface area contributed by atoms with Crippen molar-refractivity contribution < 1.29 is 8.97 Å². The van der Waals surface area contributed by atoms with E-state index >= 15 is 0 Å². The number of unbranched alkanes of at least 4 members (excludes halogenated alkanes) is 2. The summed E-state index contributed by atoms with van der Waals surface area (Å²) >= 11 is -2.38. The van der Waals surface area contributed by atoms with E-state index in [2.05, 4.69) is 70.0 Å².